The van der Waals surface area contributed by atoms with Crippen LogP contribution in [0.15, 0.2) is 12.4 Å². The summed E-state index contributed by atoms with van der Waals surface area (Å²) in [7, 11) is 1.93. The van der Waals surface area contributed by atoms with Crippen molar-refractivity contribution < 1.29 is 4.74 Å². The molecule has 0 aliphatic carbocycles. The Morgan fingerprint density at radius 2 is 2.35 bits per heavy atom. The van der Waals surface area contributed by atoms with Crippen LogP contribution in [0.1, 0.15) is 25.5 Å². The molecule has 5 heteroatoms. The summed E-state index contributed by atoms with van der Waals surface area (Å²) in [6.07, 6.45) is 4.23. The molecule has 1 saturated heterocycles. The molecule has 1 fully saturated rings. The summed E-state index contributed by atoms with van der Waals surface area (Å²) >= 11 is 0. The van der Waals surface area contributed by atoms with Gasteiger partial charge in [0.2, 0.25) is 0 Å². The second-order valence-electron chi connectivity index (χ2n) is 4.89. The lowest BCUT2D eigenvalue weighted by Crippen LogP contribution is -2.50. The van der Waals surface area contributed by atoms with E-state index in [9.17, 15) is 0 Å². The number of nitrogens with zero attached hydrogens (tertiary/aromatic N) is 3. The van der Waals surface area contributed by atoms with E-state index in [4.69, 9.17) is 10.5 Å². The van der Waals surface area contributed by atoms with E-state index in [0.717, 1.165) is 13.2 Å². The highest BCUT2D eigenvalue weighted by atomic mass is 16.5. The molecule has 1 aromatic heterocycles. The number of aromatic nitrogens is 2. The minimum absolute atomic E-state index is 0.241. The predicted octanol–water partition coefficient (Wildman–Crippen LogP) is 0.529. The van der Waals surface area contributed by atoms with Crippen LogP contribution in [0, 0.1) is 0 Å². The number of morpholine rings is 1. The van der Waals surface area contributed by atoms with Crippen molar-refractivity contribution in [2.45, 2.75) is 32.0 Å². The van der Waals surface area contributed by atoms with Crippen molar-refractivity contribution in [2.75, 3.05) is 19.7 Å². The number of ether oxygens (including phenoxy) is 1. The van der Waals surface area contributed by atoms with Crippen molar-refractivity contribution in [2.24, 2.45) is 12.8 Å². The topological polar surface area (TPSA) is 56.3 Å². The third-order valence-corrected chi connectivity index (χ3v) is 3.39. The van der Waals surface area contributed by atoms with E-state index in [-0.39, 0.29) is 12.1 Å². The lowest BCUT2D eigenvalue weighted by atomic mass is 10.1. The summed E-state index contributed by atoms with van der Waals surface area (Å²) in [5, 5.41) is 4.23. The Kier molecular flexibility index (Phi) is 3.81. The summed E-state index contributed by atoms with van der Waals surface area (Å²) in [5.41, 5.74) is 7.12. The fraction of sp³-hybridized carbons (Fsp3) is 0.750. The second-order valence-corrected chi connectivity index (χ2v) is 4.89. The summed E-state index contributed by atoms with van der Waals surface area (Å²) in [5.74, 6) is 0. The Morgan fingerprint density at radius 1 is 1.59 bits per heavy atom. The van der Waals surface area contributed by atoms with Gasteiger partial charge in [-0.3, -0.25) is 9.58 Å². The monoisotopic (exact) mass is 238 g/mol. The van der Waals surface area contributed by atoms with Crippen LogP contribution in [-0.2, 0) is 11.8 Å². The van der Waals surface area contributed by atoms with Crippen molar-refractivity contribution >= 4 is 0 Å². The molecule has 0 aromatic carbocycles. The zero-order valence-corrected chi connectivity index (χ0v) is 10.8. The molecular formula is C12H22N4O. The SMILES string of the molecule is CC1CN(C(CN)c2cnn(C)c2)C(C)CO1. The Hall–Kier alpha value is -0.910. The Morgan fingerprint density at radius 3 is 2.94 bits per heavy atom. The van der Waals surface area contributed by atoms with E-state index in [1.54, 1.807) is 0 Å². The largest absolute Gasteiger partial charge is 0.376 e. The lowest BCUT2D eigenvalue weighted by Gasteiger charge is -2.41. The van der Waals surface area contributed by atoms with Crippen LogP contribution in [0.4, 0.5) is 0 Å². The molecule has 0 spiro atoms. The van der Waals surface area contributed by atoms with Crippen LogP contribution in [-0.4, -0.2) is 46.5 Å². The van der Waals surface area contributed by atoms with Crippen LogP contribution < -0.4 is 5.73 Å². The number of nitrogens with two attached hydrogens (primary N) is 1. The standard InChI is InChI=1S/C12H22N4O/c1-9-8-17-10(2)6-16(9)12(4-13)11-5-14-15(3)7-11/h5,7,9-10,12H,4,6,8,13H2,1-3H3. The van der Waals surface area contributed by atoms with Gasteiger partial charge in [-0.15, -0.1) is 0 Å². The third kappa shape index (κ3) is 2.68. The van der Waals surface area contributed by atoms with Gasteiger partial charge in [0.05, 0.1) is 24.9 Å². The highest BCUT2D eigenvalue weighted by molar-refractivity contribution is 5.12. The molecule has 0 bridgehead atoms. The van der Waals surface area contributed by atoms with Crippen molar-refractivity contribution in [3.8, 4) is 0 Å². The first-order valence-corrected chi connectivity index (χ1v) is 6.17. The smallest absolute Gasteiger partial charge is 0.0675 e. The third-order valence-electron chi connectivity index (χ3n) is 3.39. The highest BCUT2D eigenvalue weighted by Gasteiger charge is 2.30. The molecule has 1 aromatic rings. The molecule has 96 valence electrons. The number of hydrogen-bond acceptors (Lipinski definition) is 4. The van der Waals surface area contributed by atoms with Gasteiger partial charge in [0.25, 0.3) is 0 Å². The van der Waals surface area contributed by atoms with E-state index in [1.165, 1.54) is 5.56 Å². The fourth-order valence-corrected chi connectivity index (χ4v) is 2.44. The molecule has 0 radical (unpaired) electrons. The van der Waals surface area contributed by atoms with Crippen molar-refractivity contribution in [1.29, 1.82) is 0 Å². The van der Waals surface area contributed by atoms with Gasteiger partial charge in [-0.25, -0.2) is 0 Å². The van der Waals surface area contributed by atoms with Gasteiger partial charge >= 0.3 is 0 Å². The van der Waals surface area contributed by atoms with E-state index < -0.39 is 0 Å². The summed E-state index contributed by atoms with van der Waals surface area (Å²) in [4.78, 5) is 2.42. The van der Waals surface area contributed by atoms with E-state index in [2.05, 4.69) is 23.8 Å². The van der Waals surface area contributed by atoms with Gasteiger partial charge in [0.15, 0.2) is 0 Å². The van der Waals surface area contributed by atoms with Crippen LogP contribution in [0.3, 0.4) is 0 Å². The average molecular weight is 238 g/mol. The van der Waals surface area contributed by atoms with E-state index in [0.29, 0.717) is 12.6 Å². The van der Waals surface area contributed by atoms with Gasteiger partial charge < -0.3 is 10.5 Å². The van der Waals surface area contributed by atoms with Crippen LogP contribution in [0.2, 0.25) is 0 Å². The maximum Gasteiger partial charge on any atom is 0.0675 e. The molecule has 2 N–H and O–H groups in total. The molecule has 17 heavy (non-hydrogen) atoms. The minimum Gasteiger partial charge on any atom is -0.376 e. The molecule has 5 nitrogen and oxygen atoms in total. The molecule has 2 rings (SSSR count). The molecule has 1 aliphatic heterocycles. The quantitative estimate of drug-likeness (QED) is 0.834. The highest BCUT2D eigenvalue weighted by Crippen LogP contribution is 2.25. The summed E-state index contributed by atoms with van der Waals surface area (Å²) < 4.78 is 7.48. The fourth-order valence-electron chi connectivity index (χ4n) is 2.44. The zero-order valence-electron chi connectivity index (χ0n) is 10.8. The normalized spacial score (nSPS) is 28.2. The molecule has 2 heterocycles. The second kappa shape index (κ2) is 5.16. The van der Waals surface area contributed by atoms with Gasteiger partial charge in [-0.05, 0) is 13.8 Å². The maximum absolute atomic E-state index is 5.93. The molecule has 0 amide bonds. The molecule has 1 aliphatic rings. The van der Waals surface area contributed by atoms with Crippen molar-refractivity contribution in [3.05, 3.63) is 18.0 Å². The number of hydrogen-bond donors (Lipinski definition) is 1. The summed E-state index contributed by atoms with van der Waals surface area (Å²) in [6.45, 7) is 6.61. The van der Waals surface area contributed by atoms with E-state index in [1.807, 2.05) is 24.1 Å². The first kappa shape index (κ1) is 12.5. The Bertz CT molecular complexity index is 365. The first-order chi connectivity index (χ1) is 8.11. The lowest BCUT2D eigenvalue weighted by molar-refractivity contribution is -0.0654. The summed E-state index contributed by atoms with van der Waals surface area (Å²) in [6, 6.07) is 0.644. The number of rotatable bonds is 3. The maximum atomic E-state index is 5.93. The minimum atomic E-state index is 0.241. The van der Waals surface area contributed by atoms with Gasteiger partial charge in [0, 0.05) is 37.9 Å². The average Bonchev–Trinajstić information content (AvgIpc) is 2.71. The molecule has 0 saturated carbocycles. The van der Waals surface area contributed by atoms with E-state index >= 15 is 0 Å². The van der Waals surface area contributed by atoms with Gasteiger partial charge in [-0.2, -0.15) is 5.10 Å². The first-order valence-electron chi connectivity index (χ1n) is 6.17. The molecule has 3 atom stereocenters. The van der Waals surface area contributed by atoms with Crippen LogP contribution >= 0.6 is 0 Å². The number of aryl methyl sites for hydroxylation is 1. The molecular weight excluding hydrogens is 216 g/mol. The van der Waals surface area contributed by atoms with Gasteiger partial charge in [-0.1, -0.05) is 0 Å². The molecule has 3 unspecified atom stereocenters. The predicted molar refractivity (Wildman–Crippen MR) is 66.6 cm³/mol. The Labute approximate surface area is 103 Å². The van der Waals surface area contributed by atoms with Crippen molar-refractivity contribution in [1.82, 2.24) is 14.7 Å². The Balaban J connectivity index is 2.16. The van der Waals surface area contributed by atoms with Crippen molar-refractivity contribution in [3.63, 3.8) is 0 Å². The van der Waals surface area contributed by atoms with Crippen LogP contribution in [0.25, 0.3) is 0 Å². The zero-order chi connectivity index (χ0) is 12.4. The van der Waals surface area contributed by atoms with Crippen LogP contribution in [0.5, 0.6) is 0 Å². The van der Waals surface area contributed by atoms with Gasteiger partial charge in [0.1, 0.15) is 0 Å².